The molecule has 1 aliphatic rings. The first kappa shape index (κ1) is 12.4. The van der Waals surface area contributed by atoms with E-state index in [4.69, 9.17) is 5.11 Å². The quantitative estimate of drug-likeness (QED) is 0.723. The SMILES string of the molecule is CC1CC(C)C(=O)C(C)(CCCO)C1=O. The Hall–Kier alpha value is -0.700. The van der Waals surface area contributed by atoms with Crippen LogP contribution in [0.5, 0.6) is 0 Å². The maximum Gasteiger partial charge on any atom is 0.148 e. The summed E-state index contributed by atoms with van der Waals surface area (Å²) in [5.41, 5.74) is -0.847. The lowest BCUT2D eigenvalue weighted by atomic mass is 9.63. The summed E-state index contributed by atoms with van der Waals surface area (Å²) in [5, 5.41) is 8.79. The van der Waals surface area contributed by atoms with Gasteiger partial charge in [-0.1, -0.05) is 13.8 Å². The lowest BCUT2D eigenvalue weighted by Crippen LogP contribution is -2.47. The molecule has 15 heavy (non-hydrogen) atoms. The monoisotopic (exact) mass is 212 g/mol. The Morgan fingerprint density at radius 3 is 2.13 bits per heavy atom. The molecule has 0 heterocycles. The van der Waals surface area contributed by atoms with Crippen LogP contribution in [0.3, 0.4) is 0 Å². The topological polar surface area (TPSA) is 54.4 Å². The summed E-state index contributed by atoms with van der Waals surface area (Å²) in [7, 11) is 0. The number of Topliss-reactive ketones (excluding diaryl/α,β-unsaturated/α-hetero) is 2. The number of aliphatic hydroxyl groups is 1. The fourth-order valence-corrected chi connectivity index (χ4v) is 2.63. The van der Waals surface area contributed by atoms with Gasteiger partial charge in [0.15, 0.2) is 0 Å². The molecule has 1 saturated carbocycles. The van der Waals surface area contributed by atoms with Gasteiger partial charge in [-0.15, -0.1) is 0 Å². The van der Waals surface area contributed by atoms with Crippen LogP contribution in [0.25, 0.3) is 0 Å². The van der Waals surface area contributed by atoms with Crippen molar-refractivity contribution in [2.45, 2.75) is 40.0 Å². The van der Waals surface area contributed by atoms with Crippen molar-refractivity contribution in [2.24, 2.45) is 17.3 Å². The molecule has 86 valence electrons. The predicted octanol–water partition coefficient (Wildman–Crippen LogP) is 1.58. The number of aliphatic hydroxyl groups excluding tert-OH is 1. The summed E-state index contributed by atoms with van der Waals surface area (Å²) in [4.78, 5) is 24.0. The molecule has 0 amide bonds. The van der Waals surface area contributed by atoms with Crippen LogP contribution < -0.4 is 0 Å². The van der Waals surface area contributed by atoms with Crippen molar-refractivity contribution in [1.82, 2.24) is 0 Å². The van der Waals surface area contributed by atoms with Gasteiger partial charge in [-0.25, -0.2) is 0 Å². The van der Waals surface area contributed by atoms with Gasteiger partial charge in [0.2, 0.25) is 0 Å². The summed E-state index contributed by atoms with van der Waals surface area (Å²) in [6, 6.07) is 0. The van der Waals surface area contributed by atoms with Gasteiger partial charge >= 0.3 is 0 Å². The molecule has 0 radical (unpaired) electrons. The lowest BCUT2D eigenvalue weighted by Gasteiger charge is -2.37. The number of hydrogen-bond acceptors (Lipinski definition) is 3. The van der Waals surface area contributed by atoms with E-state index in [1.54, 1.807) is 6.92 Å². The van der Waals surface area contributed by atoms with Crippen LogP contribution in [0.4, 0.5) is 0 Å². The zero-order chi connectivity index (χ0) is 11.6. The number of rotatable bonds is 3. The lowest BCUT2D eigenvalue weighted by molar-refractivity contribution is -0.149. The number of carbonyl (C=O) groups is 2. The Labute approximate surface area is 90.9 Å². The normalized spacial score (nSPS) is 37.1. The van der Waals surface area contributed by atoms with Gasteiger partial charge in [-0.05, 0) is 26.2 Å². The maximum atomic E-state index is 12.0. The van der Waals surface area contributed by atoms with E-state index < -0.39 is 5.41 Å². The molecule has 0 aromatic heterocycles. The predicted molar refractivity (Wildman–Crippen MR) is 57.4 cm³/mol. The van der Waals surface area contributed by atoms with Crippen LogP contribution in [0.1, 0.15) is 40.0 Å². The fourth-order valence-electron chi connectivity index (χ4n) is 2.63. The zero-order valence-electron chi connectivity index (χ0n) is 9.75. The molecule has 0 saturated heterocycles. The maximum absolute atomic E-state index is 12.0. The van der Waals surface area contributed by atoms with E-state index in [1.807, 2.05) is 13.8 Å². The van der Waals surface area contributed by atoms with Crippen molar-refractivity contribution in [1.29, 1.82) is 0 Å². The molecule has 0 aromatic carbocycles. The van der Waals surface area contributed by atoms with Gasteiger partial charge in [-0.2, -0.15) is 0 Å². The van der Waals surface area contributed by atoms with Crippen LogP contribution in [0.15, 0.2) is 0 Å². The number of carbonyl (C=O) groups excluding carboxylic acids is 2. The highest BCUT2D eigenvalue weighted by Gasteiger charge is 2.48. The van der Waals surface area contributed by atoms with Gasteiger partial charge in [0.1, 0.15) is 11.6 Å². The van der Waals surface area contributed by atoms with E-state index in [9.17, 15) is 9.59 Å². The highest BCUT2D eigenvalue weighted by atomic mass is 16.3. The molecule has 1 fully saturated rings. The molecule has 0 spiro atoms. The first-order valence-electron chi connectivity index (χ1n) is 5.63. The minimum Gasteiger partial charge on any atom is -0.396 e. The molecule has 2 unspecified atom stereocenters. The Kier molecular flexibility index (Phi) is 3.66. The van der Waals surface area contributed by atoms with Crippen LogP contribution >= 0.6 is 0 Å². The zero-order valence-corrected chi connectivity index (χ0v) is 9.75. The molecule has 0 aliphatic heterocycles. The standard InChI is InChI=1S/C12H20O3/c1-8-7-9(2)11(15)12(3,10(8)14)5-4-6-13/h8-9,13H,4-7H2,1-3H3. The highest BCUT2D eigenvalue weighted by Crippen LogP contribution is 2.39. The summed E-state index contributed by atoms with van der Waals surface area (Å²) < 4.78 is 0. The Balaban J connectivity index is 2.89. The summed E-state index contributed by atoms with van der Waals surface area (Å²) in [5.74, 6) is 0.0564. The van der Waals surface area contributed by atoms with E-state index in [0.29, 0.717) is 19.3 Å². The molecule has 0 bridgehead atoms. The average molecular weight is 212 g/mol. The highest BCUT2D eigenvalue weighted by molar-refractivity contribution is 6.10. The Bertz CT molecular complexity index is 250. The molecule has 0 aromatic rings. The Morgan fingerprint density at radius 1 is 1.27 bits per heavy atom. The minimum atomic E-state index is -0.847. The van der Waals surface area contributed by atoms with Gasteiger partial charge < -0.3 is 5.11 Å². The second-order valence-corrected chi connectivity index (χ2v) is 4.93. The van der Waals surface area contributed by atoms with Crippen LogP contribution in [0.2, 0.25) is 0 Å². The van der Waals surface area contributed by atoms with E-state index in [-0.39, 0.29) is 30.0 Å². The second kappa shape index (κ2) is 4.44. The number of hydrogen-bond donors (Lipinski definition) is 1. The third kappa shape index (κ3) is 2.12. The summed E-state index contributed by atoms with van der Waals surface area (Å²) >= 11 is 0. The van der Waals surface area contributed by atoms with Crippen molar-refractivity contribution >= 4 is 11.6 Å². The fraction of sp³-hybridized carbons (Fsp3) is 0.833. The van der Waals surface area contributed by atoms with Crippen molar-refractivity contribution in [2.75, 3.05) is 6.61 Å². The van der Waals surface area contributed by atoms with Crippen molar-refractivity contribution in [3.05, 3.63) is 0 Å². The van der Waals surface area contributed by atoms with E-state index in [2.05, 4.69) is 0 Å². The molecule has 1 aliphatic carbocycles. The van der Waals surface area contributed by atoms with Gasteiger partial charge in [0.05, 0.1) is 5.41 Å². The van der Waals surface area contributed by atoms with Crippen LogP contribution in [-0.2, 0) is 9.59 Å². The molecule has 3 heteroatoms. The van der Waals surface area contributed by atoms with Crippen molar-refractivity contribution < 1.29 is 14.7 Å². The van der Waals surface area contributed by atoms with Gasteiger partial charge in [0, 0.05) is 18.4 Å². The molecular formula is C12H20O3. The van der Waals surface area contributed by atoms with Gasteiger partial charge in [0.25, 0.3) is 0 Å². The van der Waals surface area contributed by atoms with Gasteiger partial charge in [-0.3, -0.25) is 9.59 Å². The van der Waals surface area contributed by atoms with Crippen LogP contribution in [0, 0.1) is 17.3 Å². The third-order valence-electron chi connectivity index (χ3n) is 3.52. The van der Waals surface area contributed by atoms with Crippen molar-refractivity contribution in [3.63, 3.8) is 0 Å². The van der Waals surface area contributed by atoms with E-state index in [1.165, 1.54) is 0 Å². The average Bonchev–Trinajstić information content (AvgIpc) is 2.21. The third-order valence-corrected chi connectivity index (χ3v) is 3.52. The summed E-state index contributed by atoms with van der Waals surface area (Å²) in [6.07, 6.45) is 1.68. The molecule has 1 rings (SSSR count). The van der Waals surface area contributed by atoms with E-state index in [0.717, 1.165) is 0 Å². The number of ketones is 2. The first-order chi connectivity index (χ1) is 6.93. The largest absolute Gasteiger partial charge is 0.396 e. The molecule has 3 nitrogen and oxygen atoms in total. The summed E-state index contributed by atoms with van der Waals surface area (Å²) in [6.45, 7) is 5.56. The molecule has 2 atom stereocenters. The molecule has 1 N–H and O–H groups in total. The van der Waals surface area contributed by atoms with Crippen LogP contribution in [-0.4, -0.2) is 23.3 Å². The molecular weight excluding hydrogens is 192 g/mol. The van der Waals surface area contributed by atoms with Crippen molar-refractivity contribution in [3.8, 4) is 0 Å². The van der Waals surface area contributed by atoms with E-state index >= 15 is 0 Å². The first-order valence-corrected chi connectivity index (χ1v) is 5.63. The Morgan fingerprint density at radius 2 is 1.73 bits per heavy atom. The smallest absolute Gasteiger partial charge is 0.148 e. The second-order valence-electron chi connectivity index (χ2n) is 4.93. The minimum absolute atomic E-state index is 0.0265.